The van der Waals surface area contributed by atoms with Crippen molar-refractivity contribution in [3.8, 4) is 0 Å². The molecule has 0 heterocycles. The summed E-state index contributed by atoms with van der Waals surface area (Å²) >= 11 is 0. The lowest BCUT2D eigenvalue weighted by Crippen LogP contribution is -2.12. The smallest absolute Gasteiger partial charge is 0.224 e. The Balaban J connectivity index is 0.000000921. The van der Waals surface area contributed by atoms with E-state index in [-0.39, 0.29) is 5.91 Å². The number of carbonyl (C=O) groups excluding carboxylic acids is 1. The van der Waals surface area contributed by atoms with Gasteiger partial charge in [-0.15, -0.1) is 0 Å². The minimum Gasteiger partial charge on any atom is -0.326 e. The van der Waals surface area contributed by atoms with Gasteiger partial charge in [-0.05, 0) is 24.1 Å². The number of hydrogen-bond acceptors (Lipinski definition) is 1. The lowest BCUT2D eigenvalue weighted by atomic mass is 10.1. The molecule has 0 atom stereocenters. The average Bonchev–Trinajstić information content (AvgIpc) is 2.58. The van der Waals surface area contributed by atoms with Crippen LogP contribution in [0.3, 0.4) is 0 Å². The molecular weight excluding hydrogens is 258 g/mol. The number of nitrogens with one attached hydrogen (secondary N) is 1. The molecule has 1 N–H and O–H groups in total. The standard InChI is InChI=1S/C15H15NO.2C2H6/c17-15(16-14-9-5-2-6-10-14)12-11-13-7-3-1-4-8-13;2*1-2/h1-10H,11-12H2,(H,16,17);2*1-2H3. The van der Waals surface area contributed by atoms with Gasteiger partial charge < -0.3 is 5.32 Å². The maximum absolute atomic E-state index is 11.7. The van der Waals surface area contributed by atoms with E-state index in [2.05, 4.69) is 5.32 Å². The van der Waals surface area contributed by atoms with Crippen molar-refractivity contribution in [2.45, 2.75) is 40.5 Å². The second kappa shape index (κ2) is 12.9. The number of amides is 1. The van der Waals surface area contributed by atoms with Crippen molar-refractivity contribution in [3.63, 3.8) is 0 Å². The molecule has 0 saturated heterocycles. The monoisotopic (exact) mass is 285 g/mol. The van der Waals surface area contributed by atoms with Crippen molar-refractivity contribution < 1.29 is 4.79 Å². The van der Waals surface area contributed by atoms with Gasteiger partial charge in [0.2, 0.25) is 5.91 Å². The largest absolute Gasteiger partial charge is 0.326 e. The van der Waals surface area contributed by atoms with E-state index < -0.39 is 0 Å². The van der Waals surface area contributed by atoms with E-state index in [4.69, 9.17) is 0 Å². The first-order chi connectivity index (χ1) is 10.3. The number of carbonyl (C=O) groups is 1. The molecule has 0 spiro atoms. The number of anilines is 1. The third-order valence-corrected chi connectivity index (χ3v) is 2.54. The highest BCUT2D eigenvalue weighted by atomic mass is 16.1. The van der Waals surface area contributed by atoms with Crippen molar-refractivity contribution in [3.05, 3.63) is 66.2 Å². The highest BCUT2D eigenvalue weighted by Crippen LogP contribution is 2.07. The van der Waals surface area contributed by atoms with E-state index in [1.54, 1.807) is 0 Å². The van der Waals surface area contributed by atoms with Gasteiger partial charge in [0.15, 0.2) is 0 Å². The van der Waals surface area contributed by atoms with Crippen molar-refractivity contribution in [2.24, 2.45) is 0 Å². The van der Waals surface area contributed by atoms with Crippen LogP contribution >= 0.6 is 0 Å². The van der Waals surface area contributed by atoms with Crippen LogP contribution in [0.5, 0.6) is 0 Å². The van der Waals surface area contributed by atoms with E-state index in [0.29, 0.717) is 6.42 Å². The normalized spacial score (nSPS) is 8.57. The van der Waals surface area contributed by atoms with Gasteiger partial charge in [-0.25, -0.2) is 0 Å². The molecule has 0 radical (unpaired) electrons. The van der Waals surface area contributed by atoms with Crippen LogP contribution in [0.4, 0.5) is 5.69 Å². The lowest BCUT2D eigenvalue weighted by Gasteiger charge is -2.04. The van der Waals surface area contributed by atoms with Gasteiger partial charge in [-0.2, -0.15) is 0 Å². The van der Waals surface area contributed by atoms with Gasteiger partial charge in [0.05, 0.1) is 0 Å². The number of rotatable bonds is 4. The van der Waals surface area contributed by atoms with Gasteiger partial charge in [0.1, 0.15) is 0 Å². The Morgan fingerprint density at radius 1 is 0.810 bits per heavy atom. The summed E-state index contributed by atoms with van der Waals surface area (Å²) in [7, 11) is 0. The SMILES string of the molecule is CC.CC.O=C(CCc1ccccc1)Nc1ccccc1. The highest BCUT2D eigenvalue weighted by Gasteiger charge is 2.02. The molecule has 2 aromatic carbocycles. The van der Waals surface area contributed by atoms with Crippen LogP contribution in [0.25, 0.3) is 0 Å². The zero-order valence-electron chi connectivity index (χ0n) is 13.6. The Bertz CT molecular complexity index is 465. The maximum atomic E-state index is 11.7. The minimum absolute atomic E-state index is 0.0556. The fraction of sp³-hybridized carbons (Fsp3) is 0.316. The molecule has 0 bridgehead atoms. The van der Waals surface area contributed by atoms with Crippen LogP contribution < -0.4 is 5.32 Å². The van der Waals surface area contributed by atoms with Gasteiger partial charge in [0.25, 0.3) is 0 Å². The molecule has 0 aromatic heterocycles. The molecule has 21 heavy (non-hydrogen) atoms. The third-order valence-electron chi connectivity index (χ3n) is 2.54. The topological polar surface area (TPSA) is 29.1 Å². The van der Waals surface area contributed by atoms with E-state index in [0.717, 1.165) is 12.1 Å². The first kappa shape index (κ1) is 18.9. The molecule has 2 aromatic rings. The molecule has 2 heteroatoms. The van der Waals surface area contributed by atoms with Crippen molar-refractivity contribution in [1.82, 2.24) is 0 Å². The summed E-state index contributed by atoms with van der Waals surface area (Å²) in [5, 5.41) is 2.87. The number of aryl methyl sites for hydroxylation is 1. The van der Waals surface area contributed by atoms with E-state index in [1.165, 1.54) is 5.56 Å². The average molecular weight is 285 g/mol. The molecule has 0 aliphatic rings. The number of para-hydroxylation sites is 1. The summed E-state index contributed by atoms with van der Waals surface area (Å²) in [6.07, 6.45) is 1.29. The van der Waals surface area contributed by atoms with Crippen molar-refractivity contribution >= 4 is 11.6 Å². The molecule has 0 fully saturated rings. The van der Waals surface area contributed by atoms with Crippen molar-refractivity contribution in [2.75, 3.05) is 5.32 Å². The predicted molar refractivity (Wildman–Crippen MR) is 92.5 cm³/mol. The summed E-state index contributed by atoms with van der Waals surface area (Å²) in [5.41, 5.74) is 2.04. The minimum atomic E-state index is 0.0556. The maximum Gasteiger partial charge on any atom is 0.224 e. The highest BCUT2D eigenvalue weighted by molar-refractivity contribution is 5.90. The third kappa shape index (κ3) is 8.64. The second-order valence-corrected chi connectivity index (χ2v) is 3.90. The summed E-state index contributed by atoms with van der Waals surface area (Å²) < 4.78 is 0. The Kier molecular flexibility index (Phi) is 11.6. The molecule has 0 saturated carbocycles. The Morgan fingerprint density at radius 3 is 1.81 bits per heavy atom. The quantitative estimate of drug-likeness (QED) is 0.810. The molecule has 1 amide bonds. The first-order valence-electron chi connectivity index (χ1n) is 7.73. The van der Waals surface area contributed by atoms with Gasteiger partial charge in [-0.1, -0.05) is 76.2 Å². The summed E-state index contributed by atoms with van der Waals surface area (Å²) in [6.45, 7) is 8.00. The van der Waals surface area contributed by atoms with E-state index >= 15 is 0 Å². The lowest BCUT2D eigenvalue weighted by molar-refractivity contribution is -0.116. The van der Waals surface area contributed by atoms with Crippen LogP contribution in [0.2, 0.25) is 0 Å². The van der Waals surface area contributed by atoms with E-state index in [9.17, 15) is 4.79 Å². The summed E-state index contributed by atoms with van der Waals surface area (Å²) in [5.74, 6) is 0.0556. The van der Waals surface area contributed by atoms with Crippen LogP contribution in [0.15, 0.2) is 60.7 Å². The van der Waals surface area contributed by atoms with Crippen molar-refractivity contribution in [1.29, 1.82) is 0 Å². The molecule has 0 unspecified atom stereocenters. The van der Waals surface area contributed by atoms with Gasteiger partial charge >= 0.3 is 0 Å². The Hall–Kier alpha value is -2.09. The molecule has 0 aliphatic heterocycles. The zero-order valence-corrected chi connectivity index (χ0v) is 13.6. The van der Waals surface area contributed by atoms with Gasteiger partial charge in [-0.3, -0.25) is 4.79 Å². The van der Waals surface area contributed by atoms with Crippen LogP contribution in [0, 0.1) is 0 Å². The molecular formula is C19H27NO. The first-order valence-corrected chi connectivity index (χ1v) is 7.73. The Labute approximate surface area is 129 Å². The second-order valence-electron chi connectivity index (χ2n) is 3.90. The summed E-state index contributed by atoms with van der Waals surface area (Å²) in [6, 6.07) is 19.6. The fourth-order valence-corrected chi connectivity index (χ4v) is 1.65. The van der Waals surface area contributed by atoms with E-state index in [1.807, 2.05) is 88.4 Å². The molecule has 114 valence electrons. The molecule has 2 rings (SSSR count). The zero-order chi connectivity index (χ0) is 15.9. The number of hydrogen-bond donors (Lipinski definition) is 1. The number of benzene rings is 2. The molecule has 0 aliphatic carbocycles. The molecule has 2 nitrogen and oxygen atoms in total. The predicted octanol–water partition coefficient (Wildman–Crippen LogP) is 5.31. The Morgan fingerprint density at radius 2 is 1.29 bits per heavy atom. The van der Waals surface area contributed by atoms with Crippen LogP contribution in [-0.2, 0) is 11.2 Å². The van der Waals surface area contributed by atoms with Crippen LogP contribution in [0.1, 0.15) is 39.7 Å². The fourth-order valence-electron chi connectivity index (χ4n) is 1.65. The van der Waals surface area contributed by atoms with Crippen LogP contribution in [-0.4, -0.2) is 5.91 Å². The van der Waals surface area contributed by atoms with Gasteiger partial charge in [0, 0.05) is 12.1 Å². The summed E-state index contributed by atoms with van der Waals surface area (Å²) in [4.78, 5) is 11.7.